The van der Waals surface area contributed by atoms with Gasteiger partial charge in [0, 0.05) is 18.2 Å². The van der Waals surface area contributed by atoms with Crippen LogP contribution < -0.4 is 9.64 Å². The number of amides is 2. The number of halogens is 4. The summed E-state index contributed by atoms with van der Waals surface area (Å²) >= 11 is 0. The Morgan fingerprint density at radius 1 is 0.915 bits per heavy atom. The van der Waals surface area contributed by atoms with Crippen molar-refractivity contribution >= 4 is 23.8 Å². The predicted molar refractivity (Wildman–Crippen MR) is 164 cm³/mol. The fourth-order valence-electron chi connectivity index (χ4n) is 4.39. The van der Waals surface area contributed by atoms with Crippen LogP contribution in [0, 0.1) is 17.5 Å². The molecule has 252 valence electrons. The van der Waals surface area contributed by atoms with E-state index in [1.165, 1.54) is 48.0 Å². The van der Waals surface area contributed by atoms with Gasteiger partial charge in [0.05, 0.1) is 6.61 Å². The summed E-state index contributed by atoms with van der Waals surface area (Å²) in [7, 11) is 0. The van der Waals surface area contributed by atoms with Crippen LogP contribution in [0.15, 0.2) is 54.7 Å². The van der Waals surface area contributed by atoms with Crippen molar-refractivity contribution in [1.29, 1.82) is 0 Å². The number of benzene rings is 2. The van der Waals surface area contributed by atoms with E-state index in [1.807, 2.05) is 0 Å². The van der Waals surface area contributed by atoms with Crippen LogP contribution in [-0.2, 0) is 15.1 Å². The quantitative estimate of drug-likeness (QED) is 0.193. The molecule has 14 heteroatoms. The Hall–Kier alpha value is -4.72. The zero-order chi connectivity index (χ0) is 34.9. The molecule has 2 aromatic heterocycles. The number of carbonyl (C=O) groups excluding carboxylic acids is 2. The molecule has 0 saturated heterocycles. The first kappa shape index (κ1) is 35.1. The average molecular weight is 661 g/mol. The van der Waals surface area contributed by atoms with Crippen molar-refractivity contribution in [2.45, 2.75) is 77.9 Å². The molecule has 0 aliphatic carbocycles. The van der Waals surface area contributed by atoms with E-state index in [2.05, 4.69) is 10.1 Å². The van der Waals surface area contributed by atoms with Crippen molar-refractivity contribution in [3.05, 3.63) is 77.7 Å². The Bertz CT molecular complexity index is 1740. The molecule has 47 heavy (non-hydrogen) atoms. The van der Waals surface area contributed by atoms with Crippen molar-refractivity contribution in [3.8, 4) is 16.9 Å². The average Bonchev–Trinajstić information content (AvgIpc) is 3.35. The molecule has 2 unspecified atom stereocenters. The van der Waals surface area contributed by atoms with Gasteiger partial charge >= 0.3 is 12.2 Å². The van der Waals surface area contributed by atoms with Gasteiger partial charge in [-0.3, -0.25) is 0 Å². The number of alkyl halides is 1. The van der Waals surface area contributed by atoms with Gasteiger partial charge in [0.15, 0.2) is 23.0 Å². The zero-order valence-corrected chi connectivity index (χ0v) is 27.0. The molecule has 0 aliphatic rings. The van der Waals surface area contributed by atoms with Gasteiger partial charge in [0.2, 0.25) is 0 Å². The lowest BCUT2D eigenvalue weighted by Gasteiger charge is -2.28. The fraction of sp³-hybridized carbons (Fsp3) is 0.394. The highest BCUT2D eigenvalue weighted by atomic mass is 19.1. The highest BCUT2D eigenvalue weighted by molar-refractivity contribution is 6.08. The van der Waals surface area contributed by atoms with Gasteiger partial charge in [-0.05, 0) is 96.0 Å². The van der Waals surface area contributed by atoms with E-state index >= 15 is 4.39 Å². The second-order valence-electron chi connectivity index (χ2n) is 12.9. The number of carbonyl (C=O) groups is 2. The Labute approximate surface area is 268 Å². The first-order valence-corrected chi connectivity index (χ1v) is 14.6. The number of hydrogen-bond acceptors (Lipinski definition) is 8. The molecular formula is C33H36F4N4O6. The molecule has 2 amide bonds. The highest BCUT2D eigenvalue weighted by Gasteiger charge is 2.36. The van der Waals surface area contributed by atoms with E-state index in [1.54, 1.807) is 41.5 Å². The number of anilines is 1. The molecule has 10 nitrogen and oxygen atoms in total. The normalized spacial score (nSPS) is 14.0. The predicted octanol–water partition coefficient (Wildman–Crippen LogP) is 7.50. The van der Waals surface area contributed by atoms with Crippen LogP contribution >= 0.6 is 0 Å². The lowest BCUT2D eigenvalue weighted by Crippen LogP contribution is -2.44. The third-order valence-corrected chi connectivity index (χ3v) is 6.69. The molecule has 0 saturated carbocycles. The number of nitrogens with zero attached hydrogens (tertiary/aromatic N) is 4. The maximum atomic E-state index is 15.6. The standard InChI is InChI=1S/C33H36F4N4O6/c1-31(2,3)46-29(42)41(30(43)47-32(4,5)6)28-38-25-18-19(14-16-40(25)39-28)22-12-13-23(35)27(26(22)37)45-17-15-24(36)33(7,44)20-8-10-21(34)11-9-20/h8-14,16,18,24,44H,15,17H2,1-7H3. The topological polar surface area (TPSA) is 115 Å². The molecule has 0 aliphatic heterocycles. The third kappa shape index (κ3) is 8.36. The van der Waals surface area contributed by atoms with Gasteiger partial charge in [-0.15, -0.1) is 10.00 Å². The molecule has 0 spiro atoms. The molecular weight excluding hydrogens is 624 g/mol. The van der Waals surface area contributed by atoms with Crippen LogP contribution in [-0.4, -0.2) is 55.9 Å². The van der Waals surface area contributed by atoms with E-state index in [9.17, 15) is 27.9 Å². The number of pyridine rings is 1. The van der Waals surface area contributed by atoms with E-state index in [-0.39, 0.29) is 28.3 Å². The zero-order valence-electron chi connectivity index (χ0n) is 27.0. The number of aromatic nitrogens is 3. The summed E-state index contributed by atoms with van der Waals surface area (Å²) < 4.78 is 75.8. The molecule has 2 heterocycles. The molecule has 0 bridgehead atoms. The van der Waals surface area contributed by atoms with Gasteiger partial charge < -0.3 is 19.3 Å². The van der Waals surface area contributed by atoms with Crippen LogP contribution in [0.4, 0.5) is 33.1 Å². The maximum Gasteiger partial charge on any atom is 0.427 e. The summed E-state index contributed by atoms with van der Waals surface area (Å²) in [5.41, 5.74) is -3.61. The number of ether oxygens (including phenoxy) is 3. The lowest BCUT2D eigenvalue weighted by atomic mass is 9.89. The molecule has 2 atom stereocenters. The summed E-state index contributed by atoms with van der Waals surface area (Å²) in [6, 6.07) is 9.62. The van der Waals surface area contributed by atoms with Gasteiger partial charge in [-0.2, -0.15) is 4.98 Å². The second kappa shape index (κ2) is 13.2. The van der Waals surface area contributed by atoms with Crippen LogP contribution in [0.3, 0.4) is 0 Å². The van der Waals surface area contributed by atoms with E-state index in [4.69, 9.17) is 14.2 Å². The number of fused-ring (bicyclic) bond motifs is 1. The molecule has 2 aromatic carbocycles. The molecule has 4 aromatic rings. The third-order valence-electron chi connectivity index (χ3n) is 6.69. The van der Waals surface area contributed by atoms with Crippen LogP contribution in [0.1, 0.15) is 60.5 Å². The maximum absolute atomic E-state index is 15.6. The van der Waals surface area contributed by atoms with Crippen LogP contribution in [0.2, 0.25) is 0 Å². The molecule has 1 N–H and O–H groups in total. The number of imide groups is 1. The minimum atomic E-state index is -2.01. The summed E-state index contributed by atoms with van der Waals surface area (Å²) in [6.07, 6.45) is -3.12. The summed E-state index contributed by atoms with van der Waals surface area (Å²) in [5.74, 6) is -3.81. The first-order valence-electron chi connectivity index (χ1n) is 14.6. The molecule has 0 fully saturated rings. The van der Waals surface area contributed by atoms with E-state index < -0.39 is 71.4 Å². The molecule has 4 rings (SSSR count). The Kier molecular flexibility index (Phi) is 9.86. The van der Waals surface area contributed by atoms with Crippen molar-refractivity contribution in [1.82, 2.24) is 14.6 Å². The van der Waals surface area contributed by atoms with Crippen molar-refractivity contribution in [2.75, 3.05) is 11.5 Å². The largest absolute Gasteiger partial charge is 0.487 e. The number of rotatable bonds is 8. The Morgan fingerprint density at radius 3 is 2.09 bits per heavy atom. The lowest BCUT2D eigenvalue weighted by molar-refractivity contribution is -0.0325. The van der Waals surface area contributed by atoms with Crippen molar-refractivity contribution in [2.24, 2.45) is 0 Å². The second-order valence-corrected chi connectivity index (χ2v) is 12.9. The summed E-state index contributed by atoms with van der Waals surface area (Å²) in [4.78, 5) is 30.8. The number of hydrogen-bond donors (Lipinski definition) is 1. The monoisotopic (exact) mass is 660 g/mol. The smallest absolute Gasteiger partial charge is 0.427 e. The van der Waals surface area contributed by atoms with Crippen molar-refractivity contribution in [3.63, 3.8) is 0 Å². The van der Waals surface area contributed by atoms with Crippen molar-refractivity contribution < 1.29 is 46.5 Å². The SMILES string of the molecule is CC(C)(C)OC(=O)N(C(=O)OC(C)(C)C)c1nc2cc(-c3ccc(F)c(OCCC(F)C(C)(O)c4ccc(F)cc4)c3F)ccn2n1. The van der Waals surface area contributed by atoms with Crippen LogP contribution in [0.25, 0.3) is 16.8 Å². The highest BCUT2D eigenvalue weighted by Crippen LogP contribution is 2.34. The van der Waals surface area contributed by atoms with Gasteiger partial charge in [0.1, 0.15) is 28.8 Å². The van der Waals surface area contributed by atoms with Crippen LogP contribution in [0.5, 0.6) is 5.75 Å². The number of aliphatic hydroxyl groups is 1. The summed E-state index contributed by atoms with van der Waals surface area (Å²) in [5, 5.41) is 14.8. The first-order chi connectivity index (χ1) is 21.8. The van der Waals surface area contributed by atoms with E-state index in [0.717, 1.165) is 18.2 Å². The fourth-order valence-corrected chi connectivity index (χ4v) is 4.39. The molecule has 0 radical (unpaired) electrons. The Morgan fingerprint density at radius 2 is 1.51 bits per heavy atom. The Balaban J connectivity index is 1.58. The van der Waals surface area contributed by atoms with Gasteiger partial charge in [-0.25, -0.2) is 31.7 Å². The minimum absolute atomic E-state index is 0.0871. The summed E-state index contributed by atoms with van der Waals surface area (Å²) in [6.45, 7) is 10.4. The van der Waals surface area contributed by atoms with Gasteiger partial charge in [0.25, 0.3) is 5.95 Å². The van der Waals surface area contributed by atoms with Gasteiger partial charge in [-0.1, -0.05) is 12.1 Å². The van der Waals surface area contributed by atoms with E-state index in [0.29, 0.717) is 4.90 Å². The minimum Gasteiger partial charge on any atom is -0.487 e.